The van der Waals surface area contributed by atoms with E-state index in [0.717, 1.165) is 28.1 Å². The number of carbonyl (C=O) groups excluding carboxylic acids is 1. The van der Waals surface area contributed by atoms with Crippen molar-refractivity contribution in [2.75, 3.05) is 38.0 Å². The Hall–Kier alpha value is -3.03. The molecule has 0 aromatic heterocycles. The normalized spacial score (nSPS) is 15.8. The highest BCUT2D eigenvalue weighted by Gasteiger charge is 2.39. The number of halogens is 3. The third-order valence-corrected chi connectivity index (χ3v) is 7.55. The first-order chi connectivity index (χ1) is 15.8. The summed E-state index contributed by atoms with van der Waals surface area (Å²) in [6.07, 6.45) is -4.82. The van der Waals surface area contributed by atoms with E-state index in [0.29, 0.717) is 5.56 Å². The number of hydrogen-bond donors (Lipinski definition) is 1. The van der Waals surface area contributed by atoms with Gasteiger partial charge in [-0.15, -0.1) is 0 Å². The van der Waals surface area contributed by atoms with Crippen molar-refractivity contribution in [2.24, 2.45) is 0 Å². The fraction of sp³-hybridized carbons (Fsp3) is 0.381. The molecule has 1 saturated heterocycles. The van der Waals surface area contributed by atoms with Crippen LogP contribution in [-0.2, 0) is 21.0 Å². The molecule has 0 atom stereocenters. The second-order valence-corrected chi connectivity index (χ2v) is 9.84. The van der Waals surface area contributed by atoms with Gasteiger partial charge in [0.2, 0.25) is 15.9 Å². The van der Waals surface area contributed by atoms with E-state index in [2.05, 4.69) is 5.32 Å². The minimum Gasteiger partial charge on any atom is -0.319 e. The van der Waals surface area contributed by atoms with Crippen LogP contribution in [0.3, 0.4) is 0 Å². The first-order valence-electron chi connectivity index (χ1n) is 10.2. The SMILES string of the molecule is Cc1cc(NC(=O)CN2CCN(S(=O)(=O)c3ccccc3C(F)(F)F)CC2)c([N+](=O)[O-])cc1C. The number of alkyl halides is 3. The summed E-state index contributed by atoms with van der Waals surface area (Å²) in [6, 6.07) is 6.88. The maximum atomic E-state index is 13.3. The number of piperazine rings is 1. The molecule has 0 aliphatic carbocycles. The highest BCUT2D eigenvalue weighted by Crippen LogP contribution is 2.35. The predicted molar refractivity (Wildman–Crippen MR) is 118 cm³/mol. The van der Waals surface area contributed by atoms with Gasteiger partial charge in [0.1, 0.15) is 5.69 Å². The largest absolute Gasteiger partial charge is 0.417 e. The second kappa shape index (κ2) is 9.68. The molecule has 1 N–H and O–H groups in total. The number of benzene rings is 2. The Bertz CT molecular complexity index is 1210. The molecule has 1 heterocycles. The molecule has 1 amide bonds. The van der Waals surface area contributed by atoms with Crippen LogP contribution >= 0.6 is 0 Å². The summed E-state index contributed by atoms with van der Waals surface area (Å²) in [6.45, 7) is 3.32. The zero-order valence-corrected chi connectivity index (χ0v) is 19.2. The molecule has 1 fully saturated rings. The molecule has 0 bridgehead atoms. The molecule has 34 heavy (non-hydrogen) atoms. The van der Waals surface area contributed by atoms with Crippen molar-refractivity contribution < 1.29 is 31.3 Å². The number of nitro groups is 1. The monoisotopic (exact) mass is 500 g/mol. The van der Waals surface area contributed by atoms with Crippen LogP contribution in [0, 0.1) is 24.0 Å². The van der Waals surface area contributed by atoms with Gasteiger partial charge in [-0.2, -0.15) is 17.5 Å². The van der Waals surface area contributed by atoms with Gasteiger partial charge in [-0.1, -0.05) is 12.1 Å². The summed E-state index contributed by atoms with van der Waals surface area (Å²) in [7, 11) is -4.39. The van der Waals surface area contributed by atoms with Crippen molar-refractivity contribution in [1.29, 1.82) is 0 Å². The number of nitrogens with zero attached hydrogens (tertiary/aromatic N) is 3. The number of anilines is 1. The quantitative estimate of drug-likeness (QED) is 0.482. The van der Waals surface area contributed by atoms with Crippen LogP contribution in [0.2, 0.25) is 0 Å². The zero-order chi connectivity index (χ0) is 25.3. The van der Waals surface area contributed by atoms with Crippen LogP contribution in [0.1, 0.15) is 16.7 Å². The van der Waals surface area contributed by atoms with Crippen LogP contribution in [0.25, 0.3) is 0 Å². The van der Waals surface area contributed by atoms with Crippen molar-refractivity contribution in [2.45, 2.75) is 24.9 Å². The van der Waals surface area contributed by atoms with Gasteiger partial charge in [-0.25, -0.2) is 8.42 Å². The Kier molecular flexibility index (Phi) is 7.29. The lowest BCUT2D eigenvalue weighted by Crippen LogP contribution is -2.50. The fourth-order valence-corrected chi connectivity index (χ4v) is 5.27. The van der Waals surface area contributed by atoms with Gasteiger partial charge >= 0.3 is 6.18 Å². The molecule has 0 saturated carbocycles. The molecule has 2 aromatic rings. The van der Waals surface area contributed by atoms with Gasteiger partial charge in [0.05, 0.1) is 21.9 Å². The number of nitrogens with one attached hydrogen (secondary N) is 1. The first kappa shape index (κ1) is 25.6. The minimum absolute atomic E-state index is 0.0584. The van der Waals surface area contributed by atoms with E-state index < -0.39 is 37.5 Å². The number of sulfonamides is 1. The standard InChI is InChI=1S/C21H23F3N4O5S/c1-14-11-17(18(28(30)31)12-15(14)2)25-20(29)13-26-7-9-27(10-8-26)34(32,33)19-6-4-3-5-16(19)21(22,23)24/h3-6,11-12H,7-10,13H2,1-2H3,(H,25,29). The lowest BCUT2D eigenvalue weighted by molar-refractivity contribution is -0.384. The van der Waals surface area contributed by atoms with Gasteiger partial charge in [0.15, 0.2) is 0 Å². The molecular formula is C21H23F3N4O5S. The number of carbonyl (C=O) groups is 1. The van der Waals surface area contributed by atoms with Crippen LogP contribution in [0.4, 0.5) is 24.5 Å². The Morgan fingerprint density at radius 2 is 1.68 bits per heavy atom. The molecule has 1 aliphatic rings. The third-order valence-electron chi connectivity index (χ3n) is 5.59. The second-order valence-electron chi connectivity index (χ2n) is 7.93. The summed E-state index contributed by atoms with van der Waals surface area (Å²) in [4.78, 5) is 24.0. The maximum Gasteiger partial charge on any atom is 0.417 e. The number of amides is 1. The van der Waals surface area contributed by atoms with Crippen LogP contribution in [0.5, 0.6) is 0 Å². The Morgan fingerprint density at radius 1 is 1.09 bits per heavy atom. The molecule has 0 spiro atoms. The molecule has 0 radical (unpaired) electrons. The molecule has 9 nitrogen and oxygen atoms in total. The highest BCUT2D eigenvalue weighted by molar-refractivity contribution is 7.89. The van der Waals surface area contributed by atoms with E-state index in [-0.39, 0.29) is 44.1 Å². The fourth-order valence-electron chi connectivity index (χ4n) is 3.64. The summed E-state index contributed by atoms with van der Waals surface area (Å²) < 4.78 is 66.5. The molecular weight excluding hydrogens is 477 g/mol. The molecule has 184 valence electrons. The number of rotatable bonds is 6. The Balaban J connectivity index is 1.66. The Labute approximate surface area is 194 Å². The van der Waals surface area contributed by atoms with E-state index in [1.807, 2.05) is 0 Å². The Morgan fingerprint density at radius 3 is 2.26 bits per heavy atom. The average molecular weight is 500 g/mol. The lowest BCUT2D eigenvalue weighted by atomic mass is 10.1. The smallest absolute Gasteiger partial charge is 0.319 e. The number of aryl methyl sites for hydroxylation is 2. The van der Waals surface area contributed by atoms with Gasteiger partial charge in [-0.05, 0) is 43.2 Å². The zero-order valence-electron chi connectivity index (χ0n) is 18.4. The van der Waals surface area contributed by atoms with E-state index in [9.17, 15) is 36.5 Å². The van der Waals surface area contributed by atoms with Gasteiger partial charge in [0, 0.05) is 32.2 Å². The predicted octanol–water partition coefficient (Wildman–Crippen LogP) is 3.18. The van der Waals surface area contributed by atoms with Crippen molar-refractivity contribution in [3.63, 3.8) is 0 Å². The van der Waals surface area contributed by atoms with Crippen LogP contribution in [-0.4, -0.2) is 61.2 Å². The van der Waals surface area contributed by atoms with Crippen molar-refractivity contribution >= 4 is 27.3 Å². The van der Waals surface area contributed by atoms with Crippen LogP contribution < -0.4 is 5.32 Å². The highest BCUT2D eigenvalue weighted by atomic mass is 32.2. The van der Waals surface area contributed by atoms with E-state index in [1.165, 1.54) is 18.2 Å². The van der Waals surface area contributed by atoms with Crippen molar-refractivity contribution in [3.8, 4) is 0 Å². The van der Waals surface area contributed by atoms with Crippen LogP contribution in [0.15, 0.2) is 41.3 Å². The molecule has 13 heteroatoms. The maximum absolute atomic E-state index is 13.3. The van der Waals surface area contributed by atoms with E-state index in [1.54, 1.807) is 18.7 Å². The van der Waals surface area contributed by atoms with E-state index >= 15 is 0 Å². The number of nitro benzene ring substituents is 1. The van der Waals surface area contributed by atoms with Crippen molar-refractivity contribution in [3.05, 3.63) is 63.2 Å². The minimum atomic E-state index is -4.82. The summed E-state index contributed by atoms with van der Waals surface area (Å²) >= 11 is 0. The molecule has 3 rings (SSSR count). The van der Waals surface area contributed by atoms with Gasteiger partial charge < -0.3 is 5.32 Å². The van der Waals surface area contributed by atoms with Gasteiger partial charge in [-0.3, -0.25) is 19.8 Å². The van der Waals surface area contributed by atoms with Gasteiger partial charge in [0.25, 0.3) is 5.69 Å². The summed E-state index contributed by atoms with van der Waals surface area (Å²) in [5, 5.41) is 13.8. The molecule has 1 aliphatic heterocycles. The average Bonchev–Trinajstić information content (AvgIpc) is 2.75. The van der Waals surface area contributed by atoms with E-state index in [4.69, 9.17) is 0 Å². The third kappa shape index (κ3) is 5.54. The first-order valence-corrected chi connectivity index (χ1v) is 11.7. The molecule has 0 unspecified atom stereocenters. The lowest BCUT2D eigenvalue weighted by Gasteiger charge is -2.33. The summed E-state index contributed by atoms with van der Waals surface area (Å²) in [5.41, 5.74) is 0.0542. The topological polar surface area (TPSA) is 113 Å². The number of hydrogen-bond acceptors (Lipinski definition) is 6. The van der Waals surface area contributed by atoms with Crippen molar-refractivity contribution in [1.82, 2.24) is 9.21 Å². The summed E-state index contributed by atoms with van der Waals surface area (Å²) in [5.74, 6) is -0.523. The molecule has 2 aromatic carbocycles.